The smallest absolute Gasteiger partial charge is 0.376 e. The highest BCUT2D eigenvalue weighted by Gasteiger charge is 2.21. The van der Waals surface area contributed by atoms with E-state index in [0.29, 0.717) is 11.5 Å². The number of halogens is 1. The fourth-order valence-corrected chi connectivity index (χ4v) is 2.39. The fraction of sp³-hybridized carbons (Fsp3) is 0.375. The van der Waals surface area contributed by atoms with E-state index in [1.54, 1.807) is 6.92 Å². The van der Waals surface area contributed by atoms with Gasteiger partial charge in [-0.1, -0.05) is 0 Å². The van der Waals surface area contributed by atoms with Crippen LogP contribution in [0.25, 0.3) is 10.9 Å². The SMILES string of the molecule is CCOC(=O)c1nc2cc(OC)c(OC)cc2c(=O)n1NC(=O)CCCl. The third-order valence-electron chi connectivity index (χ3n) is 3.39. The molecule has 0 aliphatic heterocycles. The zero-order valence-electron chi connectivity index (χ0n) is 14.5. The van der Waals surface area contributed by atoms with Gasteiger partial charge in [0.05, 0.1) is 31.7 Å². The van der Waals surface area contributed by atoms with E-state index in [1.807, 2.05) is 0 Å². The van der Waals surface area contributed by atoms with E-state index in [4.69, 9.17) is 25.8 Å². The van der Waals surface area contributed by atoms with Crippen molar-refractivity contribution in [3.8, 4) is 11.5 Å². The monoisotopic (exact) mass is 383 g/mol. The molecule has 0 aliphatic carbocycles. The van der Waals surface area contributed by atoms with Gasteiger partial charge in [0.25, 0.3) is 5.56 Å². The van der Waals surface area contributed by atoms with Crippen LogP contribution in [0.3, 0.4) is 0 Å². The van der Waals surface area contributed by atoms with Gasteiger partial charge in [-0.2, -0.15) is 4.68 Å². The maximum Gasteiger partial charge on any atom is 0.376 e. The van der Waals surface area contributed by atoms with Crippen molar-refractivity contribution in [1.82, 2.24) is 9.66 Å². The Kier molecular flexibility index (Phi) is 6.40. The first kappa shape index (κ1) is 19.5. The molecule has 9 nitrogen and oxygen atoms in total. The van der Waals surface area contributed by atoms with Gasteiger partial charge >= 0.3 is 5.97 Å². The Hall–Kier alpha value is -2.81. The number of carbonyl (C=O) groups is 2. The van der Waals surface area contributed by atoms with Crippen LogP contribution in [0.4, 0.5) is 0 Å². The number of benzene rings is 1. The minimum absolute atomic E-state index is 0.0414. The molecule has 0 bridgehead atoms. The number of nitrogens with zero attached hydrogens (tertiary/aromatic N) is 2. The van der Waals surface area contributed by atoms with E-state index >= 15 is 0 Å². The number of carbonyl (C=O) groups excluding carboxylic acids is 2. The van der Waals surface area contributed by atoms with Crippen LogP contribution < -0.4 is 20.5 Å². The summed E-state index contributed by atoms with van der Waals surface area (Å²) < 4.78 is 16.0. The van der Waals surface area contributed by atoms with Crippen molar-refractivity contribution in [3.05, 3.63) is 28.3 Å². The van der Waals surface area contributed by atoms with Gasteiger partial charge < -0.3 is 14.2 Å². The minimum atomic E-state index is -0.854. The van der Waals surface area contributed by atoms with Gasteiger partial charge in [-0.05, 0) is 13.0 Å². The predicted molar refractivity (Wildman–Crippen MR) is 94.8 cm³/mol. The van der Waals surface area contributed by atoms with Gasteiger partial charge in [0.15, 0.2) is 11.5 Å². The summed E-state index contributed by atoms with van der Waals surface area (Å²) in [4.78, 5) is 41.1. The number of hydrogen-bond acceptors (Lipinski definition) is 7. The number of methoxy groups -OCH3 is 2. The van der Waals surface area contributed by atoms with E-state index in [9.17, 15) is 14.4 Å². The molecule has 2 aromatic rings. The number of fused-ring (bicyclic) bond motifs is 1. The molecule has 26 heavy (non-hydrogen) atoms. The fourth-order valence-electron chi connectivity index (χ4n) is 2.22. The molecule has 0 aliphatic rings. The lowest BCUT2D eigenvalue weighted by Gasteiger charge is -2.14. The molecule has 1 heterocycles. The van der Waals surface area contributed by atoms with Crippen molar-refractivity contribution in [2.24, 2.45) is 0 Å². The number of amides is 1. The van der Waals surface area contributed by atoms with E-state index < -0.39 is 17.4 Å². The van der Waals surface area contributed by atoms with E-state index in [1.165, 1.54) is 26.4 Å². The molecule has 0 saturated carbocycles. The summed E-state index contributed by atoms with van der Waals surface area (Å²) in [6.45, 7) is 1.69. The molecular formula is C16H18ClN3O6. The van der Waals surface area contributed by atoms with Gasteiger partial charge in [0, 0.05) is 18.4 Å². The second-order valence-electron chi connectivity index (χ2n) is 4.99. The predicted octanol–water partition coefficient (Wildman–Crippen LogP) is 1.29. The van der Waals surface area contributed by atoms with Crippen molar-refractivity contribution in [1.29, 1.82) is 0 Å². The van der Waals surface area contributed by atoms with Crippen molar-refractivity contribution >= 4 is 34.4 Å². The van der Waals surface area contributed by atoms with Gasteiger partial charge in [-0.15, -0.1) is 11.6 Å². The first-order valence-corrected chi connectivity index (χ1v) is 8.22. The van der Waals surface area contributed by atoms with Crippen LogP contribution in [-0.2, 0) is 9.53 Å². The Labute approximate surface area is 153 Å². The second-order valence-corrected chi connectivity index (χ2v) is 5.37. The van der Waals surface area contributed by atoms with Crippen molar-refractivity contribution in [2.75, 3.05) is 32.1 Å². The zero-order valence-corrected chi connectivity index (χ0v) is 15.3. The van der Waals surface area contributed by atoms with Crippen molar-refractivity contribution in [2.45, 2.75) is 13.3 Å². The van der Waals surface area contributed by atoms with Crippen LogP contribution in [0.5, 0.6) is 11.5 Å². The zero-order chi connectivity index (χ0) is 19.3. The molecular weight excluding hydrogens is 366 g/mol. The summed E-state index contributed by atoms with van der Waals surface area (Å²) >= 11 is 5.54. The summed E-state index contributed by atoms with van der Waals surface area (Å²) in [5.74, 6) is -1.06. The highest BCUT2D eigenvalue weighted by molar-refractivity contribution is 6.19. The number of esters is 1. The van der Waals surface area contributed by atoms with Crippen molar-refractivity contribution < 1.29 is 23.8 Å². The first-order chi connectivity index (χ1) is 12.5. The molecule has 1 aromatic carbocycles. The Bertz CT molecular complexity index is 896. The lowest BCUT2D eigenvalue weighted by Crippen LogP contribution is -2.38. The number of rotatable bonds is 7. The van der Waals surface area contributed by atoms with E-state index in [0.717, 1.165) is 4.68 Å². The van der Waals surface area contributed by atoms with Gasteiger partial charge in [-0.25, -0.2) is 9.78 Å². The molecule has 1 amide bonds. The Morgan fingerprint density at radius 1 is 1.23 bits per heavy atom. The second kappa shape index (κ2) is 8.52. The van der Waals surface area contributed by atoms with Crippen LogP contribution in [-0.4, -0.2) is 48.2 Å². The normalized spacial score (nSPS) is 10.5. The topological polar surface area (TPSA) is 109 Å². The average molecular weight is 384 g/mol. The highest BCUT2D eigenvalue weighted by atomic mass is 35.5. The van der Waals surface area contributed by atoms with Crippen LogP contribution >= 0.6 is 11.6 Å². The Morgan fingerprint density at radius 3 is 2.46 bits per heavy atom. The molecule has 10 heteroatoms. The standard InChI is InChI=1S/C16H18ClN3O6/c1-4-26-16(23)14-18-10-8-12(25-3)11(24-2)7-9(10)15(22)20(14)19-13(21)5-6-17/h7-8H,4-6H2,1-3H3,(H,19,21). The molecule has 0 unspecified atom stereocenters. The quantitative estimate of drug-likeness (QED) is 0.566. The summed E-state index contributed by atoms with van der Waals surface area (Å²) in [5, 5.41) is 0.127. The molecule has 0 fully saturated rings. The number of aromatic nitrogens is 2. The number of nitrogens with one attached hydrogen (secondary N) is 1. The van der Waals surface area contributed by atoms with Gasteiger partial charge in [-0.3, -0.25) is 15.0 Å². The molecule has 2 rings (SSSR count). The third kappa shape index (κ3) is 3.88. The van der Waals surface area contributed by atoms with Gasteiger partial charge in [0.2, 0.25) is 11.7 Å². The van der Waals surface area contributed by atoms with Crippen molar-refractivity contribution in [3.63, 3.8) is 0 Å². The number of alkyl halides is 1. The summed E-state index contributed by atoms with van der Waals surface area (Å²) in [6.07, 6.45) is -0.0414. The largest absolute Gasteiger partial charge is 0.493 e. The Morgan fingerprint density at radius 2 is 1.88 bits per heavy atom. The van der Waals surface area contributed by atoms with Crippen LogP contribution in [0.1, 0.15) is 24.0 Å². The Balaban J connectivity index is 2.73. The third-order valence-corrected chi connectivity index (χ3v) is 3.58. The summed E-state index contributed by atoms with van der Waals surface area (Å²) in [7, 11) is 2.86. The van der Waals surface area contributed by atoms with Crippen LogP contribution in [0.15, 0.2) is 16.9 Å². The van der Waals surface area contributed by atoms with E-state index in [2.05, 4.69) is 10.4 Å². The highest BCUT2D eigenvalue weighted by Crippen LogP contribution is 2.30. The molecule has 1 aromatic heterocycles. The van der Waals surface area contributed by atoms with E-state index in [-0.39, 0.29) is 35.6 Å². The lowest BCUT2D eigenvalue weighted by molar-refractivity contribution is -0.116. The minimum Gasteiger partial charge on any atom is -0.493 e. The lowest BCUT2D eigenvalue weighted by atomic mass is 10.2. The molecule has 140 valence electrons. The molecule has 0 saturated heterocycles. The number of hydrogen-bond donors (Lipinski definition) is 1. The first-order valence-electron chi connectivity index (χ1n) is 7.68. The average Bonchev–Trinajstić information content (AvgIpc) is 2.63. The molecule has 1 N–H and O–H groups in total. The van der Waals surface area contributed by atoms with Gasteiger partial charge in [0.1, 0.15) is 0 Å². The van der Waals surface area contributed by atoms with Crippen LogP contribution in [0.2, 0.25) is 0 Å². The molecule has 0 atom stereocenters. The maximum atomic E-state index is 12.8. The maximum absolute atomic E-state index is 12.8. The molecule has 0 radical (unpaired) electrons. The summed E-state index contributed by atoms with van der Waals surface area (Å²) in [6, 6.07) is 2.88. The molecule has 0 spiro atoms. The number of ether oxygens (including phenoxy) is 3. The van der Waals surface area contributed by atoms with Crippen LogP contribution in [0, 0.1) is 0 Å². The summed E-state index contributed by atoms with van der Waals surface area (Å²) in [5.41, 5.74) is 1.85.